The van der Waals surface area contributed by atoms with Crippen molar-refractivity contribution in [1.29, 1.82) is 0 Å². The minimum absolute atomic E-state index is 0.104. The van der Waals surface area contributed by atoms with Crippen molar-refractivity contribution in [3.63, 3.8) is 0 Å². The van der Waals surface area contributed by atoms with Gasteiger partial charge in [-0.2, -0.15) is 0 Å². The van der Waals surface area contributed by atoms with Crippen molar-refractivity contribution in [2.45, 2.75) is 12.6 Å². The average Bonchev–Trinajstić information content (AvgIpc) is 3.29. The highest BCUT2D eigenvalue weighted by molar-refractivity contribution is 7.09. The van der Waals surface area contributed by atoms with Gasteiger partial charge in [-0.3, -0.25) is 4.79 Å². The molecule has 1 atom stereocenters. The molecule has 2 aromatic rings. The molecule has 3 amide bonds. The van der Waals surface area contributed by atoms with Crippen LogP contribution >= 0.6 is 11.3 Å². The minimum Gasteiger partial charge on any atom is -0.465 e. The van der Waals surface area contributed by atoms with Crippen molar-refractivity contribution in [3.05, 3.63) is 69.1 Å². The number of carbonyl (C=O) groups is 3. The maximum absolute atomic E-state index is 13.0. The van der Waals surface area contributed by atoms with Gasteiger partial charge < -0.3 is 20.3 Å². The Hall–Kier alpha value is -3.13. The number of ether oxygens (including phenoxy) is 1. The quantitative estimate of drug-likeness (QED) is 0.793. The number of thiophene rings is 1. The number of urea groups is 1. The SMILES string of the molecule is COC(=O)c1ccc([C@H]2NC(=O)NC3=C2C(=O)N(Cc2cccs2)C3)cc1. The summed E-state index contributed by atoms with van der Waals surface area (Å²) in [6, 6.07) is 9.72. The molecule has 2 aliphatic rings. The van der Waals surface area contributed by atoms with E-state index in [2.05, 4.69) is 10.6 Å². The summed E-state index contributed by atoms with van der Waals surface area (Å²) < 4.78 is 4.70. The number of methoxy groups -OCH3 is 1. The van der Waals surface area contributed by atoms with Gasteiger partial charge in [-0.25, -0.2) is 9.59 Å². The number of hydrogen-bond acceptors (Lipinski definition) is 5. The van der Waals surface area contributed by atoms with E-state index in [0.717, 1.165) is 10.4 Å². The zero-order valence-electron chi connectivity index (χ0n) is 14.5. The van der Waals surface area contributed by atoms with Crippen LogP contribution in [0.3, 0.4) is 0 Å². The number of amides is 3. The van der Waals surface area contributed by atoms with Crippen molar-refractivity contribution in [2.75, 3.05) is 13.7 Å². The highest BCUT2D eigenvalue weighted by Crippen LogP contribution is 2.33. The summed E-state index contributed by atoms with van der Waals surface area (Å²) in [7, 11) is 1.32. The van der Waals surface area contributed by atoms with Crippen LogP contribution in [0.25, 0.3) is 0 Å². The molecule has 0 bridgehead atoms. The van der Waals surface area contributed by atoms with E-state index in [1.54, 1.807) is 40.5 Å². The molecule has 0 aliphatic carbocycles. The Morgan fingerprint density at radius 1 is 1.26 bits per heavy atom. The standard InChI is InChI=1S/C19H17N3O4S/c1-26-18(24)12-6-4-11(5-7-12)16-15-14(20-19(25)21-16)10-22(17(15)23)9-13-3-2-8-27-13/h2-8,16H,9-10H2,1H3,(H2,20,21,25)/t16-/m1/s1. The second-order valence-electron chi connectivity index (χ2n) is 6.28. The molecule has 1 aromatic carbocycles. The third-order valence-corrected chi connectivity index (χ3v) is 5.47. The summed E-state index contributed by atoms with van der Waals surface area (Å²) in [5.74, 6) is -0.539. The van der Waals surface area contributed by atoms with Gasteiger partial charge in [0, 0.05) is 4.88 Å². The fourth-order valence-electron chi connectivity index (χ4n) is 3.33. The molecule has 0 unspecified atom stereocenters. The zero-order chi connectivity index (χ0) is 19.0. The maximum Gasteiger partial charge on any atom is 0.337 e. The number of carbonyl (C=O) groups excluding carboxylic acids is 3. The van der Waals surface area contributed by atoms with E-state index in [4.69, 9.17) is 4.74 Å². The topological polar surface area (TPSA) is 87.7 Å². The van der Waals surface area contributed by atoms with Crippen LogP contribution in [0.1, 0.15) is 26.8 Å². The van der Waals surface area contributed by atoms with Crippen LogP contribution < -0.4 is 10.6 Å². The summed E-state index contributed by atoms with van der Waals surface area (Å²) in [6.07, 6.45) is 0. The van der Waals surface area contributed by atoms with E-state index < -0.39 is 12.0 Å². The smallest absolute Gasteiger partial charge is 0.337 e. The van der Waals surface area contributed by atoms with Gasteiger partial charge >= 0.3 is 12.0 Å². The van der Waals surface area contributed by atoms with E-state index in [1.807, 2.05) is 17.5 Å². The zero-order valence-corrected chi connectivity index (χ0v) is 15.3. The summed E-state index contributed by atoms with van der Waals surface area (Å²) in [4.78, 5) is 39.5. The summed E-state index contributed by atoms with van der Waals surface area (Å²) in [6.45, 7) is 0.879. The molecule has 0 spiro atoms. The molecule has 138 valence electrons. The van der Waals surface area contributed by atoms with E-state index in [9.17, 15) is 14.4 Å². The first-order chi connectivity index (χ1) is 13.1. The lowest BCUT2D eigenvalue weighted by Gasteiger charge is -2.25. The highest BCUT2D eigenvalue weighted by Gasteiger charge is 2.40. The lowest BCUT2D eigenvalue weighted by atomic mass is 9.95. The molecule has 0 saturated carbocycles. The molecule has 2 aliphatic heterocycles. The third kappa shape index (κ3) is 3.19. The first-order valence-electron chi connectivity index (χ1n) is 8.37. The molecule has 8 heteroatoms. The normalized spacial score (nSPS) is 18.9. The molecule has 0 saturated heterocycles. The fraction of sp³-hybridized carbons (Fsp3) is 0.211. The van der Waals surface area contributed by atoms with Gasteiger partial charge in [0.15, 0.2) is 0 Å². The number of benzene rings is 1. The number of nitrogens with one attached hydrogen (secondary N) is 2. The second-order valence-corrected chi connectivity index (χ2v) is 7.31. The molecule has 2 N–H and O–H groups in total. The molecule has 4 rings (SSSR count). The molecule has 27 heavy (non-hydrogen) atoms. The van der Waals surface area contributed by atoms with Gasteiger partial charge in [-0.1, -0.05) is 18.2 Å². The van der Waals surface area contributed by atoms with Crippen molar-refractivity contribution >= 4 is 29.2 Å². The summed E-state index contributed by atoms with van der Waals surface area (Å²) >= 11 is 1.59. The van der Waals surface area contributed by atoms with E-state index >= 15 is 0 Å². The van der Waals surface area contributed by atoms with Crippen molar-refractivity contribution < 1.29 is 19.1 Å². The predicted octanol–water partition coefficient (Wildman–Crippen LogP) is 2.19. The van der Waals surface area contributed by atoms with Gasteiger partial charge in [0.1, 0.15) is 0 Å². The van der Waals surface area contributed by atoms with Gasteiger partial charge in [-0.05, 0) is 29.1 Å². The summed E-state index contributed by atoms with van der Waals surface area (Å²) in [5, 5.41) is 7.53. The van der Waals surface area contributed by atoms with E-state index in [1.165, 1.54) is 7.11 Å². The Bertz CT molecular complexity index is 934. The Labute approximate surface area is 159 Å². The predicted molar refractivity (Wildman–Crippen MR) is 99.0 cm³/mol. The van der Waals surface area contributed by atoms with Crippen LogP contribution in [0.5, 0.6) is 0 Å². The monoisotopic (exact) mass is 383 g/mol. The molecular formula is C19H17N3O4S. The fourth-order valence-corrected chi connectivity index (χ4v) is 4.05. The lowest BCUT2D eigenvalue weighted by Crippen LogP contribution is -2.44. The Kier molecular flexibility index (Phi) is 4.41. The highest BCUT2D eigenvalue weighted by atomic mass is 32.1. The van der Waals surface area contributed by atoms with Crippen molar-refractivity contribution in [1.82, 2.24) is 15.5 Å². The molecule has 7 nitrogen and oxygen atoms in total. The number of hydrogen-bond donors (Lipinski definition) is 2. The summed E-state index contributed by atoms with van der Waals surface area (Å²) in [5.41, 5.74) is 2.31. The van der Waals surface area contributed by atoms with Crippen LogP contribution in [-0.4, -0.2) is 36.5 Å². The van der Waals surface area contributed by atoms with Gasteiger partial charge in [-0.15, -0.1) is 11.3 Å². The van der Waals surface area contributed by atoms with E-state index in [-0.39, 0.29) is 11.9 Å². The van der Waals surface area contributed by atoms with E-state index in [0.29, 0.717) is 29.9 Å². The molecular weight excluding hydrogens is 366 g/mol. The first-order valence-corrected chi connectivity index (χ1v) is 9.25. The van der Waals surface area contributed by atoms with Crippen LogP contribution in [0.15, 0.2) is 53.0 Å². The Morgan fingerprint density at radius 3 is 2.70 bits per heavy atom. The van der Waals surface area contributed by atoms with Crippen LogP contribution in [0.2, 0.25) is 0 Å². The minimum atomic E-state index is -0.554. The van der Waals surface area contributed by atoms with Crippen LogP contribution in [-0.2, 0) is 16.1 Å². The Balaban J connectivity index is 1.61. The van der Waals surface area contributed by atoms with Gasteiger partial charge in [0.2, 0.25) is 0 Å². The first kappa shape index (κ1) is 17.3. The lowest BCUT2D eigenvalue weighted by molar-refractivity contribution is -0.126. The largest absolute Gasteiger partial charge is 0.465 e. The molecule has 1 aromatic heterocycles. The van der Waals surface area contributed by atoms with Crippen LogP contribution in [0, 0.1) is 0 Å². The van der Waals surface area contributed by atoms with Crippen LogP contribution in [0.4, 0.5) is 4.79 Å². The third-order valence-electron chi connectivity index (χ3n) is 4.61. The average molecular weight is 383 g/mol. The number of nitrogens with zero attached hydrogens (tertiary/aromatic N) is 1. The van der Waals surface area contributed by atoms with Crippen molar-refractivity contribution in [3.8, 4) is 0 Å². The number of rotatable bonds is 4. The molecule has 3 heterocycles. The van der Waals surface area contributed by atoms with Gasteiger partial charge in [0.25, 0.3) is 5.91 Å². The number of esters is 1. The maximum atomic E-state index is 13.0. The van der Waals surface area contributed by atoms with Gasteiger partial charge in [0.05, 0.1) is 43.1 Å². The second kappa shape index (κ2) is 6.88. The Morgan fingerprint density at radius 2 is 2.04 bits per heavy atom. The molecule has 0 radical (unpaired) electrons. The molecule has 0 fully saturated rings. The van der Waals surface area contributed by atoms with Crippen molar-refractivity contribution in [2.24, 2.45) is 0 Å².